The fraction of sp³-hybridized carbons (Fsp3) is 0.0833. The summed E-state index contributed by atoms with van der Waals surface area (Å²) in [6.45, 7) is 0.00868. The largest absolute Gasteiger partial charge is 0.493 e. The van der Waals surface area contributed by atoms with Gasteiger partial charge in [0.15, 0.2) is 15.8 Å². The lowest BCUT2D eigenvalue weighted by Gasteiger charge is -2.14. The van der Waals surface area contributed by atoms with Crippen LogP contribution in [0.3, 0.4) is 0 Å². The summed E-state index contributed by atoms with van der Waals surface area (Å²) < 4.78 is 25.4. The molecule has 0 aromatic heterocycles. The predicted octanol–water partition coefficient (Wildman–Crippen LogP) is 5.73. The fourth-order valence-electron chi connectivity index (χ4n) is 3.23. The zero-order chi connectivity index (χ0) is 24.2. The van der Waals surface area contributed by atoms with Crippen LogP contribution in [0.2, 0.25) is 0 Å². The SMILES string of the molecule is COc1ccc(/C=C2/SC(=S)N(c3ccc([N+](=O)[O-])cc3)C2=O)cc1OCc1ccccc1F. The number of thioether (sulfide) groups is 1. The number of thiocarbonyl (C=S) groups is 1. The maximum absolute atomic E-state index is 13.9. The van der Waals surface area contributed by atoms with Gasteiger partial charge in [-0.1, -0.05) is 48.2 Å². The highest BCUT2D eigenvalue weighted by atomic mass is 32.2. The number of benzene rings is 3. The lowest BCUT2D eigenvalue weighted by molar-refractivity contribution is -0.384. The zero-order valence-electron chi connectivity index (χ0n) is 17.8. The molecule has 10 heteroatoms. The van der Waals surface area contributed by atoms with Crippen LogP contribution in [0.1, 0.15) is 11.1 Å². The van der Waals surface area contributed by atoms with Crippen LogP contribution in [0.5, 0.6) is 11.5 Å². The van der Waals surface area contributed by atoms with Crippen LogP contribution in [-0.4, -0.2) is 22.3 Å². The van der Waals surface area contributed by atoms with Crippen LogP contribution in [0.15, 0.2) is 71.6 Å². The van der Waals surface area contributed by atoms with Crippen molar-refractivity contribution in [1.82, 2.24) is 0 Å². The first-order valence-corrected chi connectivity index (χ1v) is 11.2. The van der Waals surface area contributed by atoms with Gasteiger partial charge < -0.3 is 9.47 Å². The molecule has 0 bridgehead atoms. The average molecular weight is 497 g/mol. The van der Waals surface area contributed by atoms with Gasteiger partial charge in [-0.25, -0.2) is 4.39 Å². The summed E-state index contributed by atoms with van der Waals surface area (Å²) in [4.78, 5) is 25.1. The molecule has 4 rings (SSSR count). The van der Waals surface area contributed by atoms with Crippen molar-refractivity contribution in [3.63, 3.8) is 0 Å². The van der Waals surface area contributed by atoms with Crippen LogP contribution in [-0.2, 0) is 11.4 Å². The van der Waals surface area contributed by atoms with E-state index in [0.29, 0.717) is 37.5 Å². The molecule has 0 atom stereocenters. The van der Waals surface area contributed by atoms with Crippen LogP contribution in [0.4, 0.5) is 15.8 Å². The maximum Gasteiger partial charge on any atom is 0.270 e. The molecule has 0 unspecified atom stereocenters. The molecule has 34 heavy (non-hydrogen) atoms. The van der Waals surface area contributed by atoms with E-state index >= 15 is 0 Å². The van der Waals surface area contributed by atoms with Crippen molar-refractivity contribution in [2.24, 2.45) is 0 Å². The first kappa shape index (κ1) is 23.4. The average Bonchev–Trinajstić information content (AvgIpc) is 3.11. The van der Waals surface area contributed by atoms with Gasteiger partial charge in [0.2, 0.25) is 0 Å². The van der Waals surface area contributed by atoms with Gasteiger partial charge in [0.1, 0.15) is 12.4 Å². The van der Waals surface area contributed by atoms with Crippen molar-refractivity contribution in [3.8, 4) is 11.5 Å². The number of nitrogens with zero attached hydrogens (tertiary/aromatic N) is 2. The van der Waals surface area contributed by atoms with E-state index in [1.807, 2.05) is 0 Å². The number of nitro groups is 1. The van der Waals surface area contributed by atoms with Crippen LogP contribution < -0.4 is 14.4 Å². The molecule has 3 aromatic rings. The third kappa shape index (κ3) is 4.92. The molecular formula is C24H17FN2O5S2. The monoisotopic (exact) mass is 496 g/mol. The molecule has 1 heterocycles. The third-order valence-corrected chi connectivity index (χ3v) is 6.24. The number of ether oxygens (including phenoxy) is 2. The first-order valence-electron chi connectivity index (χ1n) is 9.94. The summed E-state index contributed by atoms with van der Waals surface area (Å²) in [5, 5.41) is 10.9. The number of anilines is 1. The Balaban J connectivity index is 1.56. The molecular weight excluding hydrogens is 479 g/mol. The maximum atomic E-state index is 13.9. The van der Waals surface area contributed by atoms with Crippen molar-refractivity contribution in [1.29, 1.82) is 0 Å². The van der Waals surface area contributed by atoms with Gasteiger partial charge in [-0.05, 0) is 42.0 Å². The van der Waals surface area contributed by atoms with E-state index in [1.54, 1.807) is 42.5 Å². The van der Waals surface area contributed by atoms with Crippen molar-refractivity contribution in [3.05, 3.63) is 98.7 Å². The number of methoxy groups -OCH3 is 1. The minimum Gasteiger partial charge on any atom is -0.493 e. The summed E-state index contributed by atoms with van der Waals surface area (Å²) in [6.07, 6.45) is 1.67. The van der Waals surface area contributed by atoms with Gasteiger partial charge in [-0.2, -0.15) is 0 Å². The number of amides is 1. The van der Waals surface area contributed by atoms with E-state index in [-0.39, 0.29) is 24.0 Å². The predicted molar refractivity (Wildman–Crippen MR) is 132 cm³/mol. The Kier molecular flexibility index (Phi) is 6.90. The number of hydrogen-bond acceptors (Lipinski definition) is 7. The Bertz CT molecular complexity index is 1310. The van der Waals surface area contributed by atoms with Gasteiger partial charge in [0, 0.05) is 17.7 Å². The number of carbonyl (C=O) groups is 1. The molecule has 1 aliphatic heterocycles. The van der Waals surface area contributed by atoms with E-state index < -0.39 is 4.92 Å². The van der Waals surface area contributed by atoms with Gasteiger partial charge >= 0.3 is 0 Å². The Labute approximate surface area is 203 Å². The van der Waals surface area contributed by atoms with Crippen molar-refractivity contribution >= 4 is 51.7 Å². The Hall–Kier alpha value is -3.76. The minimum atomic E-state index is -0.510. The number of carbonyl (C=O) groups excluding carboxylic acids is 1. The Morgan fingerprint density at radius 2 is 1.85 bits per heavy atom. The second-order valence-corrected chi connectivity index (χ2v) is 8.76. The molecule has 3 aromatic carbocycles. The molecule has 0 aliphatic carbocycles. The molecule has 1 fully saturated rings. The molecule has 0 saturated carbocycles. The first-order chi connectivity index (χ1) is 16.4. The Morgan fingerprint density at radius 3 is 2.53 bits per heavy atom. The molecule has 0 spiro atoms. The summed E-state index contributed by atoms with van der Waals surface area (Å²) in [7, 11) is 1.50. The molecule has 0 N–H and O–H groups in total. The molecule has 1 amide bonds. The highest BCUT2D eigenvalue weighted by molar-refractivity contribution is 8.27. The summed E-state index contributed by atoms with van der Waals surface area (Å²) >= 11 is 6.49. The van der Waals surface area contributed by atoms with Crippen LogP contribution >= 0.6 is 24.0 Å². The van der Waals surface area contributed by atoms with Gasteiger partial charge in [-0.15, -0.1) is 0 Å². The summed E-state index contributed by atoms with van der Waals surface area (Å²) in [5.41, 5.74) is 1.43. The minimum absolute atomic E-state index is 0.00868. The van der Waals surface area contributed by atoms with Crippen LogP contribution in [0.25, 0.3) is 6.08 Å². The zero-order valence-corrected chi connectivity index (χ0v) is 19.4. The second kappa shape index (κ2) is 10.0. The third-order valence-electron chi connectivity index (χ3n) is 4.94. The normalized spacial score (nSPS) is 14.5. The number of rotatable bonds is 7. The van der Waals surface area contributed by atoms with E-state index in [9.17, 15) is 19.3 Å². The number of hydrogen-bond donors (Lipinski definition) is 0. The lowest BCUT2D eigenvalue weighted by atomic mass is 10.1. The fourth-order valence-corrected chi connectivity index (χ4v) is 4.53. The number of nitro benzene ring substituents is 1. The van der Waals surface area contributed by atoms with Crippen molar-refractivity contribution in [2.45, 2.75) is 6.61 Å². The standard InChI is InChI=1S/C24H17FN2O5S2/c1-31-20-11-6-15(12-21(20)32-14-16-4-2-3-5-19(16)25)13-22-23(28)26(24(33)34-22)17-7-9-18(10-8-17)27(29)30/h2-13H,14H2,1H3/b22-13+. The molecule has 172 valence electrons. The van der Waals surface area contributed by atoms with Crippen molar-refractivity contribution < 1.29 is 23.6 Å². The highest BCUT2D eigenvalue weighted by Gasteiger charge is 2.33. The molecule has 1 saturated heterocycles. The van der Waals surface area contributed by atoms with E-state index in [2.05, 4.69) is 0 Å². The quantitative estimate of drug-likeness (QED) is 0.179. The topological polar surface area (TPSA) is 81.9 Å². The van der Waals surface area contributed by atoms with Crippen LogP contribution in [0, 0.1) is 15.9 Å². The smallest absolute Gasteiger partial charge is 0.270 e. The number of halogens is 1. The summed E-state index contributed by atoms with van der Waals surface area (Å²) in [5.74, 6) is 0.151. The molecule has 1 aliphatic rings. The molecule has 7 nitrogen and oxygen atoms in total. The van der Waals surface area contributed by atoms with Gasteiger partial charge in [0.25, 0.3) is 11.6 Å². The molecule has 0 radical (unpaired) electrons. The summed E-state index contributed by atoms with van der Waals surface area (Å²) in [6, 6.07) is 17.1. The van der Waals surface area contributed by atoms with E-state index in [4.69, 9.17) is 21.7 Å². The van der Waals surface area contributed by atoms with E-state index in [1.165, 1.54) is 42.3 Å². The van der Waals surface area contributed by atoms with Gasteiger partial charge in [0.05, 0.1) is 22.6 Å². The second-order valence-electron chi connectivity index (χ2n) is 7.08. The van der Waals surface area contributed by atoms with E-state index in [0.717, 1.165) is 11.8 Å². The number of non-ortho nitro benzene ring substituents is 1. The lowest BCUT2D eigenvalue weighted by Crippen LogP contribution is -2.27. The van der Waals surface area contributed by atoms with Crippen molar-refractivity contribution in [2.75, 3.05) is 12.0 Å². The Morgan fingerprint density at radius 1 is 1.12 bits per heavy atom. The van der Waals surface area contributed by atoms with Gasteiger partial charge in [-0.3, -0.25) is 19.8 Å². The highest BCUT2D eigenvalue weighted by Crippen LogP contribution is 2.37.